The summed E-state index contributed by atoms with van der Waals surface area (Å²) in [7, 11) is 0. The maximum Gasteiger partial charge on any atom is 0.129 e. The normalized spacial score (nSPS) is 21.9. The van der Waals surface area contributed by atoms with Crippen molar-refractivity contribution in [1.29, 1.82) is 0 Å². The second-order valence-electron chi connectivity index (χ2n) is 7.11. The quantitative estimate of drug-likeness (QED) is 0.885. The Balaban J connectivity index is 2.00. The molecule has 1 aliphatic rings. The van der Waals surface area contributed by atoms with Gasteiger partial charge in [-0.05, 0) is 52.7 Å². The first-order valence-electron chi connectivity index (χ1n) is 7.14. The molecule has 0 amide bonds. The van der Waals surface area contributed by atoms with Crippen molar-refractivity contribution in [2.45, 2.75) is 64.2 Å². The van der Waals surface area contributed by atoms with Crippen LogP contribution in [0.4, 0.5) is 4.39 Å². The largest absolute Gasteiger partial charge is 0.310 e. The Morgan fingerprint density at radius 3 is 2.40 bits per heavy atom. The van der Waals surface area contributed by atoms with Gasteiger partial charge in [0.2, 0.25) is 0 Å². The Morgan fingerprint density at radius 2 is 1.85 bits per heavy atom. The van der Waals surface area contributed by atoms with E-state index in [1.165, 1.54) is 6.07 Å². The molecule has 2 nitrogen and oxygen atoms in total. The molecule has 0 aromatic heterocycles. The topological polar surface area (TPSA) is 24.1 Å². The molecule has 2 rings (SSSR count). The second-order valence-corrected chi connectivity index (χ2v) is 7.55. The van der Waals surface area contributed by atoms with Gasteiger partial charge in [-0.1, -0.05) is 17.7 Å². The summed E-state index contributed by atoms with van der Waals surface area (Å²) in [5.41, 5.74) is 0.860. The van der Waals surface area contributed by atoms with Crippen LogP contribution in [0.5, 0.6) is 0 Å². The SMILES string of the molecule is CC1(C)CC(NCc2ccc(Cl)cc2F)CC(C)(C)N1. The van der Waals surface area contributed by atoms with Gasteiger partial charge in [-0.3, -0.25) is 0 Å². The first-order chi connectivity index (χ1) is 9.17. The van der Waals surface area contributed by atoms with Crippen molar-refractivity contribution in [3.05, 3.63) is 34.6 Å². The third-order valence-electron chi connectivity index (χ3n) is 3.79. The van der Waals surface area contributed by atoms with E-state index in [-0.39, 0.29) is 16.9 Å². The number of benzene rings is 1. The molecule has 0 aliphatic carbocycles. The smallest absolute Gasteiger partial charge is 0.129 e. The molecule has 2 N–H and O–H groups in total. The van der Waals surface area contributed by atoms with Gasteiger partial charge in [0.1, 0.15) is 5.82 Å². The molecule has 0 radical (unpaired) electrons. The van der Waals surface area contributed by atoms with Crippen LogP contribution in [0.25, 0.3) is 0 Å². The zero-order valence-corrected chi connectivity index (χ0v) is 13.4. The summed E-state index contributed by atoms with van der Waals surface area (Å²) in [6, 6.07) is 5.24. The van der Waals surface area contributed by atoms with Crippen LogP contribution in [0.15, 0.2) is 18.2 Å². The highest BCUT2D eigenvalue weighted by molar-refractivity contribution is 6.30. The monoisotopic (exact) mass is 298 g/mol. The zero-order chi connectivity index (χ0) is 15.0. The lowest BCUT2D eigenvalue weighted by atomic mass is 9.79. The van der Waals surface area contributed by atoms with Crippen molar-refractivity contribution in [3.63, 3.8) is 0 Å². The van der Waals surface area contributed by atoms with Crippen LogP contribution < -0.4 is 10.6 Å². The number of rotatable bonds is 3. The average Bonchev–Trinajstić information content (AvgIpc) is 2.23. The first kappa shape index (κ1) is 15.7. The van der Waals surface area contributed by atoms with Crippen LogP contribution in [0.1, 0.15) is 46.1 Å². The van der Waals surface area contributed by atoms with Crippen molar-refractivity contribution in [1.82, 2.24) is 10.6 Å². The lowest BCUT2D eigenvalue weighted by molar-refractivity contribution is 0.145. The van der Waals surface area contributed by atoms with Gasteiger partial charge < -0.3 is 10.6 Å². The minimum absolute atomic E-state index is 0.0952. The van der Waals surface area contributed by atoms with Crippen molar-refractivity contribution < 1.29 is 4.39 Å². The van der Waals surface area contributed by atoms with Crippen molar-refractivity contribution in [2.75, 3.05) is 0 Å². The molecule has 112 valence electrons. The average molecular weight is 299 g/mol. The third kappa shape index (κ3) is 4.18. The number of hydrogen-bond donors (Lipinski definition) is 2. The first-order valence-corrected chi connectivity index (χ1v) is 7.51. The second kappa shape index (κ2) is 5.63. The summed E-state index contributed by atoms with van der Waals surface area (Å²) in [6.45, 7) is 9.40. The van der Waals surface area contributed by atoms with E-state index in [0.29, 0.717) is 23.2 Å². The molecule has 0 saturated carbocycles. The number of halogens is 2. The molecule has 0 bridgehead atoms. The molecule has 4 heteroatoms. The molecule has 0 spiro atoms. The van der Waals surface area contributed by atoms with E-state index in [4.69, 9.17) is 11.6 Å². The lowest BCUT2D eigenvalue weighted by Gasteiger charge is -2.46. The van der Waals surface area contributed by atoms with Gasteiger partial charge in [-0.15, -0.1) is 0 Å². The molecule has 0 atom stereocenters. The molecule has 1 heterocycles. The molecule has 1 saturated heterocycles. The van der Waals surface area contributed by atoms with Gasteiger partial charge in [-0.25, -0.2) is 4.39 Å². The summed E-state index contributed by atoms with van der Waals surface area (Å²) < 4.78 is 13.8. The Kier molecular flexibility index (Phi) is 4.43. The highest BCUT2D eigenvalue weighted by atomic mass is 35.5. The predicted octanol–water partition coefficient (Wildman–Crippen LogP) is 3.88. The van der Waals surface area contributed by atoms with Gasteiger partial charge in [0.25, 0.3) is 0 Å². The molecular formula is C16H24ClFN2. The van der Waals surface area contributed by atoms with Crippen molar-refractivity contribution >= 4 is 11.6 Å². The van der Waals surface area contributed by atoms with Crippen LogP contribution in [-0.4, -0.2) is 17.1 Å². The Morgan fingerprint density at radius 1 is 1.25 bits per heavy atom. The third-order valence-corrected chi connectivity index (χ3v) is 4.02. The minimum Gasteiger partial charge on any atom is -0.310 e. The Hall–Kier alpha value is -0.640. The molecule has 1 fully saturated rings. The molecule has 0 unspecified atom stereocenters. The molecule has 20 heavy (non-hydrogen) atoms. The zero-order valence-electron chi connectivity index (χ0n) is 12.7. The van der Waals surface area contributed by atoms with E-state index in [9.17, 15) is 4.39 Å². The van der Waals surface area contributed by atoms with Gasteiger partial charge in [0, 0.05) is 34.3 Å². The van der Waals surface area contributed by atoms with Gasteiger partial charge in [-0.2, -0.15) is 0 Å². The van der Waals surface area contributed by atoms with E-state index in [1.54, 1.807) is 12.1 Å². The molecule has 1 aromatic carbocycles. The lowest BCUT2D eigenvalue weighted by Crippen LogP contribution is -2.61. The maximum atomic E-state index is 13.8. The standard InChI is InChI=1S/C16H24ClFN2/c1-15(2)8-13(9-16(3,4)20-15)19-10-11-5-6-12(17)7-14(11)18/h5-7,13,19-20H,8-10H2,1-4H3. The number of hydrogen-bond acceptors (Lipinski definition) is 2. The maximum absolute atomic E-state index is 13.8. The minimum atomic E-state index is -0.238. The van der Waals surface area contributed by atoms with E-state index in [0.717, 1.165) is 12.8 Å². The predicted molar refractivity (Wildman–Crippen MR) is 82.6 cm³/mol. The van der Waals surface area contributed by atoms with Crippen LogP contribution in [0.3, 0.4) is 0 Å². The highest BCUT2D eigenvalue weighted by Gasteiger charge is 2.37. The summed E-state index contributed by atoms with van der Waals surface area (Å²) in [5.74, 6) is -0.238. The summed E-state index contributed by atoms with van der Waals surface area (Å²) in [4.78, 5) is 0. The van der Waals surface area contributed by atoms with Gasteiger partial charge >= 0.3 is 0 Å². The number of piperidine rings is 1. The van der Waals surface area contributed by atoms with Crippen LogP contribution >= 0.6 is 11.6 Å². The fraction of sp³-hybridized carbons (Fsp3) is 0.625. The van der Waals surface area contributed by atoms with E-state index < -0.39 is 0 Å². The van der Waals surface area contributed by atoms with Crippen molar-refractivity contribution in [3.8, 4) is 0 Å². The van der Waals surface area contributed by atoms with Gasteiger partial charge in [0.05, 0.1) is 0 Å². The summed E-state index contributed by atoms with van der Waals surface area (Å²) >= 11 is 5.77. The van der Waals surface area contributed by atoms with Crippen LogP contribution in [0, 0.1) is 5.82 Å². The fourth-order valence-corrected chi connectivity index (χ4v) is 3.54. The summed E-state index contributed by atoms with van der Waals surface area (Å²) in [5, 5.41) is 7.57. The fourth-order valence-electron chi connectivity index (χ4n) is 3.39. The highest BCUT2D eigenvalue weighted by Crippen LogP contribution is 2.28. The molecule has 1 aliphatic heterocycles. The summed E-state index contributed by atoms with van der Waals surface area (Å²) in [6.07, 6.45) is 2.07. The van der Waals surface area contributed by atoms with Crippen molar-refractivity contribution in [2.24, 2.45) is 0 Å². The van der Waals surface area contributed by atoms with Crippen LogP contribution in [-0.2, 0) is 6.54 Å². The Labute approximate surface area is 126 Å². The van der Waals surface area contributed by atoms with E-state index in [1.807, 2.05) is 0 Å². The van der Waals surface area contributed by atoms with E-state index in [2.05, 4.69) is 38.3 Å². The van der Waals surface area contributed by atoms with Gasteiger partial charge in [0.15, 0.2) is 0 Å². The Bertz CT molecular complexity index is 469. The molecular weight excluding hydrogens is 275 g/mol. The molecule has 1 aromatic rings. The van der Waals surface area contributed by atoms with Crippen LogP contribution in [0.2, 0.25) is 5.02 Å². The van der Waals surface area contributed by atoms with E-state index >= 15 is 0 Å². The number of nitrogens with one attached hydrogen (secondary N) is 2.